The van der Waals surface area contributed by atoms with Crippen molar-refractivity contribution in [3.63, 3.8) is 0 Å². The van der Waals surface area contributed by atoms with Crippen molar-refractivity contribution in [2.24, 2.45) is 0 Å². The molecule has 9 N–H and O–H groups in total. The molecule has 0 bridgehead atoms. The van der Waals surface area contributed by atoms with Gasteiger partial charge in [-0.1, -0.05) is 0 Å². The van der Waals surface area contributed by atoms with Crippen molar-refractivity contribution in [3.05, 3.63) is 265 Å². The lowest BCUT2D eigenvalue weighted by Crippen LogP contribution is -2.12. The molecule has 106 heavy (non-hydrogen) atoms. The molecule has 0 aliphatic rings. The zero-order chi connectivity index (χ0) is 75.2. The van der Waals surface area contributed by atoms with Gasteiger partial charge in [0.25, 0.3) is 11.8 Å². The maximum Gasteiger partial charge on any atom is 0.335 e. The topological polar surface area (TPSA) is 335 Å². The second-order valence-corrected chi connectivity index (χ2v) is 23.3. The SMILES string of the molecule is CC(=O)Nc1ccc(Oc2cc(Oc3ccc(NC(C)=O)cc3)cc(C(=O)Nc3ccc(Oc4ccc(NC(=O)c5cc(Oc6ccc(NC(C)=O)cc6)cc(Oc6ccc(NC(C)=O)cc6)c5)cc4)cc3)c2)cc1.CC(=O)Nc1ccc(Oc2cc(Oc3ccc(NC(C)=O)cc3)cc(C(=O)O)c2)cc1. The lowest BCUT2D eigenvalue weighted by atomic mass is 10.1. The summed E-state index contributed by atoms with van der Waals surface area (Å²) >= 11 is 0. The van der Waals surface area contributed by atoms with Crippen LogP contribution in [0.25, 0.3) is 0 Å². The Morgan fingerprint density at radius 2 is 0.340 bits per heavy atom. The quantitative estimate of drug-likeness (QED) is 0.0257. The Morgan fingerprint density at radius 1 is 0.198 bits per heavy atom. The van der Waals surface area contributed by atoms with Crippen molar-refractivity contribution >= 4 is 98.7 Å². The van der Waals surface area contributed by atoms with Gasteiger partial charge in [0.05, 0.1) is 5.56 Å². The molecule has 11 rings (SSSR count). The third kappa shape index (κ3) is 23.2. The number of amides is 8. The smallest absolute Gasteiger partial charge is 0.335 e. The predicted octanol–water partition coefficient (Wildman–Crippen LogP) is 17.9. The summed E-state index contributed by atoms with van der Waals surface area (Å²) in [6.45, 7) is 8.49. The first-order valence-electron chi connectivity index (χ1n) is 32.4. The van der Waals surface area contributed by atoms with Gasteiger partial charge in [-0.05, 0) is 231 Å². The molecule has 25 heteroatoms. The first-order valence-corrected chi connectivity index (χ1v) is 32.4. The van der Waals surface area contributed by atoms with E-state index < -0.39 is 17.8 Å². The molecule has 534 valence electrons. The minimum atomic E-state index is -1.13. The standard InChI is InChI=1S/C58H48N6O11.C23H20N2O6/c1-35(65)59-41-5-17-49(18-6-41)72-53-29-39(30-54(33-53)73-50-19-7-42(8-20-50)60-36(2)66)57(69)63-45-13-25-47(26-14-45)71-48-27-15-46(16-28-48)64-58(70)40-31-55(74-51-21-9-43(10-22-51)61-37(3)67)34-56(32-40)75-52-23-11-44(12-24-52)62-38(4)68;1-14(26)24-17-3-7-19(8-4-17)30-21-11-16(23(28)29)12-22(13-21)31-20-9-5-18(6-10-20)25-15(2)27/h5-34H,1-4H3,(H,59,65)(H,60,66)(H,61,67)(H,62,68)(H,63,69)(H,64,70);3-13H,1-2H3,(H,24,26)(H,25,27)(H,28,29). The fourth-order valence-electron chi connectivity index (χ4n) is 9.88. The van der Waals surface area contributed by atoms with E-state index in [2.05, 4.69) is 42.5 Å². The van der Waals surface area contributed by atoms with Crippen molar-refractivity contribution < 1.29 is 81.4 Å². The van der Waals surface area contributed by atoms with Gasteiger partial charge in [0, 0.05) is 116 Å². The van der Waals surface area contributed by atoms with E-state index in [4.69, 9.17) is 33.2 Å². The highest BCUT2D eigenvalue weighted by Crippen LogP contribution is 2.37. The van der Waals surface area contributed by atoms with E-state index >= 15 is 0 Å². The third-order valence-corrected chi connectivity index (χ3v) is 14.3. The molecular formula is C81H68N8O17. The number of benzene rings is 11. The van der Waals surface area contributed by atoms with E-state index in [0.717, 1.165) is 0 Å². The maximum absolute atomic E-state index is 13.8. The fourth-order valence-corrected chi connectivity index (χ4v) is 9.88. The number of aromatic carboxylic acids is 1. The summed E-state index contributed by atoms with van der Waals surface area (Å²) < 4.78 is 42.1. The van der Waals surface area contributed by atoms with Gasteiger partial charge >= 0.3 is 5.97 Å². The van der Waals surface area contributed by atoms with Gasteiger partial charge in [-0.15, -0.1) is 0 Å². The largest absolute Gasteiger partial charge is 0.478 e. The van der Waals surface area contributed by atoms with Crippen LogP contribution < -0.4 is 75.7 Å². The monoisotopic (exact) mass is 1420 g/mol. The number of carboxylic acid groups (broad SMARTS) is 1. The van der Waals surface area contributed by atoms with Crippen LogP contribution in [0.4, 0.5) is 45.5 Å². The van der Waals surface area contributed by atoms with Crippen molar-refractivity contribution in [3.8, 4) is 80.5 Å². The molecule has 0 heterocycles. The van der Waals surface area contributed by atoms with Crippen LogP contribution in [0.3, 0.4) is 0 Å². The normalized spacial score (nSPS) is 10.4. The van der Waals surface area contributed by atoms with E-state index in [9.17, 15) is 48.3 Å². The first kappa shape index (κ1) is 74.0. The highest BCUT2D eigenvalue weighted by Gasteiger charge is 2.18. The van der Waals surface area contributed by atoms with Gasteiger partial charge in [0.1, 0.15) is 80.5 Å². The Balaban J connectivity index is 0.000000323. The Hall–Kier alpha value is -14.8. The molecule has 11 aromatic rings. The molecule has 0 unspecified atom stereocenters. The minimum Gasteiger partial charge on any atom is -0.478 e. The summed E-state index contributed by atoms with van der Waals surface area (Å²) in [6.07, 6.45) is 0. The highest BCUT2D eigenvalue weighted by molar-refractivity contribution is 6.06. The molecule has 0 spiro atoms. The maximum atomic E-state index is 13.8. The first-order chi connectivity index (χ1) is 50.9. The van der Waals surface area contributed by atoms with Crippen molar-refractivity contribution in [1.82, 2.24) is 0 Å². The van der Waals surface area contributed by atoms with Gasteiger partial charge in [0.15, 0.2) is 0 Å². The number of carbonyl (C=O) groups excluding carboxylic acids is 8. The minimum absolute atomic E-state index is 0.00256. The van der Waals surface area contributed by atoms with Gasteiger partial charge in [-0.3, -0.25) is 38.4 Å². The number of hydrogen-bond acceptors (Lipinski definition) is 16. The molecule has 0 aromatic heterocycles. The Bertz CT molecular complexity index is 4560. The summed E-state index contributed by atoms with van der Waals surface area (Å²) in [4.78, 5) is 107. The Morgan fingerprint density at radius 3 is 0.491 bits per heavy atom. The molecule has 25 nitrogen and oxygen atoms in total. The van der Waals surface area contributed by atoms with Crippen LogP contribution in [0.15, 0.2) is 249 Å². The van der Waals surface area contributed by atoms with Gasteiger partial charge in [-0.25, -0.2) is 4.79 Å². The van der Waals surface area contributed by atoms with E-state index in [1.165, 1.54) is 53.7 Å². The van der Waals surface area contributed by atoms with Crippen molar-refractivity contribution in [1.29, 1.82) is 0 Å². The van der Waals surface area contributed by atoms with Crippen molar-refractivity contribution in [2.45, 2.75) is 41.5 Å². The van der Waals surface area contributed by atoms with Crippen LogP contribution in [0.2, 0.25) is 0 Å². The molecule has 0 saturated carbocycles. The van der Waals surface area contributed by atoms with Crippen LogP contribution in [0.1, 0.15) is 72.6 Å². The lowest BCUT2D eigenvalue weighted by molar-refractivity contribution is -0.115. The zero-order valence-electron chi connectivity index (χ0n) is 57.7. The van der Waals surface area contributed by atoms with E-state index in [-0.39, 0.29) is 63.6 Å². The van der Waals surface area contributed by atoms with Crippen LogP contribution in [0.5, 0.6) is 80.5 Å². The number of anilines is 8. The van der Waals surface area contributed by atoms with E-state index in [1.807, 2.05) is 0 Å². The molecule has 0 atom stereocenters. The number of nitrogens with one attached hydrogen (secondary N) is 8. The van der Waals surface area contributed by atoms with Gasteiger partial charge in [-0.2, -0.15) is 0 Å². The lowest BCUT2D eigenvalue weighted by Gasteiger charge is -2.14. The highest BCUT2D eigenvalue weighted by atomic mass is 16.5. The Labute approximate surface area is 607 Å². The van der Waals surface area contributed by atoms with Crippen LogP contribution in [-0.4, -0.2) is 58.3 Å². The summed E-state index contributed by atoms with van der Waals surface area (Å²) in [7, 11) is 0. The molecule has 0 aliphatic heterocycles. The fraction of sp³-hybridized carbons (Fsp3) is 0.0741. The van der Waals surface area contributed by atoms with Crippen LogP contribution in [-0.2, 0) is 28.8 Å². The number of ether oxygens (including phenoxy) is 7. The molecule has 0 fully saturated rings. The molecule has 0 saturated heterocycles. The van der Waals surface area contributed by atoms with E-state index in [1.54, 1.807) is 237 Å². The summed E-state index contributed by atoms with van der Waals surface area (Å²) in [6, 6.07) is 67.7. The number of carbonyl (C=O) groups is 9. The molecule has 0 aliphatic carbocycles. The molecule has 8 amide bonds. The number of rotatable bonds is 25. The number of hydrogen-bond donors (Lipinski definition) is 9. The summed E-state index contributed by atoms with van der Waals surface area (Å²) in [5, 5.41) is 31.4. The zero-order valence-corrected chi connectivity index (χ0v) is 57.7. The number of carboxylic acids is 1. The van der Waals surface area contributed by atoms with Gasteiger partial charge < -0.3 is 80.8 Å². The molecule has 11 aromatic carbocycles. The Kier molecular flexibility index (Phi) is 24.4. The summed E-state index contributed by atoms with van der Waals surface area (Å²) in [5.41, 5.74) is 5.01. The molecule has 0 radical (unpaired) electrons. The molecular weight excluding hydrogens is 1360 g/mol. The average molecular weight is 1430 g/mol. The summed E-state index contributed by atoms with van der Waals surface area (Å²) in [5.74, 6) is 2.21. The van der Waals surface area contributed by atoms with Crippen LogP contribution in [0, 0.1) is 0 Å². The van der Waals surface area contributed by atoms with Crippen molar-refractivity contribution in [2.75, 3.05) is 42.5 Å². The average Bonchev–Trinajstić information content (AvgIpc) is 0.834. The second-order valence-electron chi connectivity index (χ2n) is 23.3. The predicted molar refractivity (Wildman–Crippen MR) is 400 cm³/mol. The van der Waals surface area contributed by atoms with Crippen LogP contribution >= 0.6 is 0 Å². The second kappa shape index (κ2) is 35.0. The third-order valence-electron chi connectivity index (χ3n) is 14.3. The van der Waals surface area contributed by atoms with E-state index in [0.29, 0.717) is 114 Å². The van der Waals surface area contributed by atoms with Gasteiger partial charge in [0.2, 0.25) is 35.4 Å².